The van der Waals surface area contributed by atoms with Gasteiger partial charge in [-0.05, 0) is 29.7 Å². The molecule has 100 valence electrons. The maximum Gasteiger partial charge on any atom is 0.251 e. The monoisotopic (exact) mass is 265 g/mol. The lowest BCUT2D eigenvalue weighted by molar-refractivity contribution is 0.0948. The van der Waals surface area contributed by atoms with Crippen molar-refractivity contribution in [1.82, 2.24) is 5.32 Å². The molecule has 1 N–H and O–H groups in total. The number of nitrogens with one attached hydrogen (secondary N) is 1. The molecule has 0 heterocycles. The zero-order chi connectivity index (χ0) is 13.9. The van der Waals surface area contributed by atoms with Gasteiger partial charge in [0.05, 0.1) is 0 Å². The standard InChI is InChI=1S/C17H15NO2/c19-16-9-7-13-10-14(6-8-15(13)16)17(20)18-11-12-4-2-1-3-5-12/h1-6,8,10H,7,9,11H2,(H,18,20). The molecular weight excluding hydrogens is 250 g/mol. The lowest BCUT2D eigenvalue weighted by Gasteiger charge is -2.07. The molecule has 20 heavy (non-hydrogen) atoms. The first kappa shape index (κ1) is 12.6. The van der Waals surface area contributed by atoms with Crippen LogP contribution in [0.25, 0.3) is 0 Å². The van der Waals surface area contributed by atoms with Crippen LogP contribution in [0.15, 0.2) is 48.5 Å². The normalized spacial score (nSPS) is 13.1. The van der Waals surface area contributed by atoms with Gasteiger partial charge < -0.3 is 5.32 Å². The van der Waals surface area contributed by atoms with Crippen LogP contribution >= 0.6 is 0 Å². The molecule has 0 aromatic heterocycles. The van der Waals surface area contributed by atoms with Crippen LogP contribution < -0.4 is 5.32 Å². The Balaban J connectivity index is 1.70. The zero-order valence-corrected chi connectivity index (χ0v) is 11.1. The molecule has 0 bridgehead atoms. The van der Waals surface area contributed by atoms with Gasteiger partial charge in [0, 0.05) is 24.1 Å². The molecule has 1 aliphatic carbocycles. The van der Waals surface area contributed by atoms with E-state index in [0.29, 0.717) is 18.5 Å². The highest BCUT2D eigenvalue weighted by atomic mass is 16.1. The first-order chi connectivity index (χ1) is 9.74. The summed E-state index contributed by atoms with van der Waals surface area (Å²) in [5.74, 6) is 0.0762. The highest BCUT2D eigenvalue weighted by molar-refractivity contribution is 6.02. The molecule has 3 rings (SSSR count). The Hall–Kier alpha value is -2.42. The SMILES string of the molecule is O=C(NCc1ccccc1)c1ccc2c(c1)CCC2=O. The Kier molecular flexibility index (Phi) is 3.33. The van der Waals surface area contributed by atoms with Crippen LogP contribution in [0.1, 0.15) is 38.3 Å². The number of fused-ring (bicyclic) bond motifs is 1. The summed E-state index contributed by atoms with van der Waals surface area (Å²) in [5.41, 5.74) is 3.44. The Bertz CT molecular complexity index is 662. The second kappa shape index (κ2) is 5.29. The molecule has 0 atom stereocenters. The lowest BCUT2D eigenvalue weighted by atomic mass is 10.1. The van der Waals surface area contributed by atoms with E-state index in [0.717, 1.165) is 23.1 Å². The van der Waals surface area contributed by atoms with E-state index < -0.39 is 0 Å². The molecule has 0 aliphatic heterocycles. The number of carbonyl (C=O) groups excluding carboxylic acids is 2. The van der Waals surface area contributed by atoms with Crippen molar-refractivity contribution >= 4 is 11.7 Å². The number of amides is 1. The quantitative estimate of drug-likeness (QED) is 0.927. The minimum absolute atomic E-state index is 0.101. The summed E-state index contributed by atoms with van der Waals surface area (Å²) in [6.07, 6.45) is 1.30. The molecule has 0 radical (unpaired) electrons. The molecule has 3 nitrogen and oxygen atoms in total. The van der Waals surface area contributed by atoms with Gasteiger partial charge >= 0.3 is 0 Å². The van der Waals surface area contributed by atoms with Crippen molar-refractivity contribution in [2.45, 2.75) is 19.4 Å². The van der Waals surface area contributed by atoms with Gasteiger partial charge in [0.25, 0.3) is 5.91 Å². The summed E-state index contributed by atoms with van der Waals surface area (Å²) in [7, 11) is 0. The third-order valence-corrected chi connectivity index (χ3v) is 3.59. The Morgan fingerprint density at radius 3 is 2.65 bits per heavy atom. The van der Waals surface area contributed by atoms with Crippen molar-refractivity contribution in [2.75, 3.05) is 0 Å². The lowest BCUT2D eigenvalue weighted by Crippen LogP contribution is -2.22. The van der Waals surface area contributed by atoms with Gasteiger partial charge in [0.15, 0.2) is 5.78 Å². The third-order valence-electron chi connectivity index (χ3n) is 3.59. The van der Waals surface area contributed by atoms with Crippen LogP contribution in [0.4, 0.5) is 0 Å². The van der Waals surface area contributed by atoms with Gasteiger partial charge in [-0.1, -0.05) is 36.4 Å². The summed E-state index contributed by atoms with van der Waals surface area (Å²) in [5, 5.41) is 2.89. The zero-order valence-electron chi connectivity index (χ0n) is 11.1. The van der Waals surface area contributed by atoms with Crippen LogP contribution in [0, 0.1) is 0 Å². The first-order valence-electron chi connectivity index (χ1n) is 6.72. The number of ketones is 1. The predicted octanol–water partition coefficient (Wildman–Crippen LogP) is 2.75. The summed E-state index contributed by atoms with van der Waals surface area (Å²) < 4.78 is 0. The van der Waals surface area contributed by atoms with E-state index in [2.05, 4.69) is 5.32 Å². The second-order valence-electron chi connectivity index (χ2n) is 4.96. The maximum atomic E-state index is 12.1. The number of carbonyl (C=O) groups is 2. The van der Waals surface area contributed by atoms with Gasteiger partial charge in [-0.2, -0.15) is 0 Å². The first-order valence-corrected chi connectivity index (χ1v) is 6.72. The molecule has 2 aromatic rings. The minimum Gasteiger partial charge on any atom is -0.348 e. The number of hydrogen-bond acceptors (Lipinski definition) is 2. The molecule has 0 saturated heterocycles. The molecule has 2 aromatic carbocycles. The van der Waals surface area contributed by atoms with Crippen LogP contribution in [0.5, 0.6) is 0 Å². The van der Waals surface area contributed by atoms with Crippen molar-refractivity contribution < 1.29 is 9.59 Å². The molecule has 0 saturated carbocycles. The molecule has 0 fully saturated rings. The Labute approximate surface area is 117 Å². The number of Topliss-reactive ketones (excluding diaryl/α,β-unsaturated/α-hetero) is 1. The average molecular weight is 265 g/mol. The molecule has 1 aliphatic rings. The van der Waals surface area contributed by atoms with Crippen molar-refractivity contribution in [3.05, 3.63) is 70.8 Å². The fraction of sp³-hybridized carbons (Fsp3) is 0.176. The van der Waals surface area contributed by atoms with Crippen molar-refractivity contribution in [3.63, 3.8) is 0 Å². The average Bonchev–Trinajstić information content (AvgIpc) is 2.87. The van der Waals surface area contributed by atoms with Gasteiger partial charge in [-0.25, -0.2) is 0 Å². The van der Waals surface area contributed by atoms with E-state index in [1.54, 1.807) is 12.1 Å². The van der Waals surface area contributed by atoms with E-state index >= 15 is 0 Å². The highest BCUT2D eigenvalue weighted by Crippen LogP contribution is 2.22. The fourth-order valence-electron chi connectivity index (χ4n) is 2.48. The summed E-state index contributed by atoms with van der Waals surface area (Å²) in [6, 6.07) is 15.1. The number of aryl methyl sites for hydroxylation is 1. The van der Waals surface area contributed by atoms with Gasteiger partial charge in [0.1, 0.15) is 0 Å². The van der Waals surface area contributed by atoms with Crippen LogP contribution in [-0.2, 0) is 13.0 Å². The predicted molar refractivity (Wildman–Crippen MR) is 76.7 cm³/mol. The smallest absolute Gasteiger partial charge is 0.251 e. The Morgan fingerprint density at radius 1 is 1.05 bits per heavy atom. The van der Waals surface area contributed by atoms with Gasteiger partial charge in [-0.3, -0.25) is 9.59 Å². The highest BCUT2D eigenvalue weighted by Gasteiger charge is 2.20. The topological polar surface area (TPSA) is 46.2 Å². The van der Waals surface area contributed by atoms with Gasteiger partial charge in [0.2, 0.25) is 0 Å². The fourth-order valence-corrected chi connectivity index (χ4v) is 2.48. The summed E-state index contributed by atoms with van der Waals surface area (Å²) in [4.78, 5) is 23.7. The molecule has 1 amide bonds. The number of benzene rings is 2. The van der Waals surface area contributed by atoms with E-state index in [-0.39, 0.29) is 11.7 Å². The van der Waals surface area contributed by atoms with E-state index in [9.17, 15) is 9.59 Å². The Morgan fingerprint density at radius 2 is 1.85 bits per heavy atom. The summed E-state index contributed by atoms with van der Waals surface area (Å²) in [6.45, 7) is 0.510. The molecule has 0 spiro atoms. The number of rotatable bonds is 3. The van der Waals surface area contributed by atoms with E-state index in [4.69, 9.17) is 0 Å². The van der Waals surface area contributed by atoms with E-state index in [1.807, 2.05) is 36.4 Å². The van der Waals surface area contributed by atoms with Crippen LogP contribution in [0.3, 0.4) is 0 Å². The van der Waals surface area contributed by atoms with Crippen molar-refractivity contribution in [2.24, 2.45) is 0 Å². The second-order valence-corrected chi connectivity index (χ2v) is 4.96. The third kappa shape index (κ3) is 2.48. The number of hydrogen-bond donors (Lipinski definition) is 1. The molecule has 0 unspecified atom stereocenters. The maximum absolute atomic E-state index is 12.1. The van der Waals surface area contributed by atoms with Crippen LogP contribution in [0.2, 0.25) is 0 Å². The van der Waals surface area contributed by atoms with Crippen molar-refractivity contribution in [1.29, 1.82) is 0 Å². The van der Waals surface area contributed by atoms with Crippen LogP contribution in [-0.4, -0.2) is 11.7 Å². The summed E-state index contributed by atoms with van der Waals surface area (Å²) >= 11 is 0. The molecular formula is C17H15NO2. The molecule has 3 heteroatoms. The largest absolute Gasteiger partial charge is 0.348 e. The van der Waals surface area contributed by atoms with Gasteiger partial charge in [-0.15, -0.1) is 0 Å². The van der Waals surface area contributed by atoms with E-state index in [1.165, 1.54) is 0 Å². The minimum atomic E-state index is -0.101. The van der Waals surface area contributed by atoms with Crippen molar-refractivity contribution in [3.8, 4) is 0 Å².